The SMILES string of the molecule is CCC(C)c1ccc(C(C)C)c(OC)c1. The van der Waals surface area contributed by atoms with Crippen LogP contribution < -0.4 is 4.74 Å². The van der Waals surface area contributed by atoms with Gasteiger partial charge in [-0.1, -0.05) is 39.8 Å². The van der Waals surface area contributed by atoms with Crippen molar-refractivity contribution in [3.8, 4) is 5.75 Å². The van der Waals surface area contributed by atoms with Gasteiger partial charge in [-0.2, -0.15) is 0 Å². The molecular formula is C14H22O. The second-order valence-corrected chi connectivity index (χ2v) is 4.47. The van der Waals surface area contributed by atoms with E-state index in [-0.39, 0.29) is 0 Å². The molecule has 15 heavy (non-hydrogen) atoms. The highest BCUT2D eigenvalue weighted by Gasteiger charge is 2.10. The second kappa shape index (κ2) is 5.20. The lowest BCUT2D eigenvalue weighted by atomic mass is 9.94. The fourth-order valence-electron chi connectivity index (χ4n) is 1.75. The minimum atomic E-state index is 0.519. The highest BCUT2D eigenvalue weighted by atomic mass is 16.5. The quantitative estimate of drug-likeness (QED) is 0.712. The van der Waals surface area contributed by atoms with Gasteiger partial charge in [0.2, 0.25) is 0 Å². The normalized spacial score (nSPS) is 12.9. The van der Waals surface area contributed by atoms with Crippen molar-refractivity contribution in [3.05, 3.63) is 29.3 Å². The van der Waals surface area contributed by atoms with Crippen LogP contribution in [-0.4, -0.2) is 7.11 Å². The third kappa shape index (κ3) is 2.74. The third-order valence-electron chi connectivity index (χ3n) is 3.06. The van der Waals surface area contributed by atoms with E-state index in [9.17, 15) is 0 Å². The van der Waals surface area contributed by atoms with Crippen LogP contribution in [0, 0.1) is 0 Å². The Labute approximate surface area is 93.5 Å². The van der Waals surface area contributed by atoms with Gasteiger partial charge in [-0.05, 0) is 35.4 Å². The van der Waals surface area contributed by atoms with E-state index in [4.69, 9.17) is 4.74 Å². The average Bonchev–Trinajstić information content (AvgIpc) is 2.26. The Bertz CT molecular complexity index is 315. The van der Waals surface area contributed by atoms with Gasteiger partial charge in [-0.3, -0.25) is 0 Å². The molecule has 1 unspecified atom stereocenters. The molecule has 0 aromatic heterocycles. The van der Waals surface area contributed by atoms with Crippen LogP contribution >= 0.6 is 0 Å². The summed E-state index contributed by atoms with van der Waals surface area (Å²) in [6, 6.07) is 6.61. The van der Waals surface area contributed by atoms with Crippen LogP contribution in [0.5, 0.6) is 5.75 Å². The van der Waals surface area contributed by atoms with Crippen molar-refractivity contribution < 1.29 is 4.74 Å². The van der Waals surface area contributed by atoms with Crippen molar-refractivity contribution in [2.75, 3.05) is 7.11 Å². The Morgan fingerprint density at radius 2 is 1.87 bits per heavy atom. The van der Waals surface area contributed by atoms with E-state index in [1.54, 1.807) is 7.11 Å². The molecule has 0 radical (unpaired) electrons. The predicted molar refractivity (Wildman–Crippen MR) is 65.8 cm³/mol. The van der Waals surface area contributed by atoms with Gasteiger partial charge >= 0.3 is 0 Å². The molecule has 0 N–H and O–H groups in total. The molecular weight excluding hydrogens is 184 g/mol. The van der Waals surface area contributed by atoms with E-state index < -0.39 is 0 Å². The molecule has 0 heterocycles. The minimum absolute atomic E-state index is 0.519. The first-order valence-corrected chi connectivity index (χ1v) is 5.78. The summed E-state index contributed by atoms with van der Waals surface area (Å²) in [5.41, 5.74) is 2.67. The summed E-state index contributed by atoms with van der Waals surface area (Å²) in [7, 11) is 1.75. The number of hydrogen-bond donors (Lipinski definition) is 0. The van der Waals surface area contributed by atoms with Crippen LogP contribution in [0.25, 0.3) is 0 Å². The molecule has 0 fully saturated rings. The van der Waals surface area contributed by atoms with Crippen molar-refractivity contribution in [1.29, 1.82) is 0 Å². The fourth-order valence-corrected chi connectivity index (χ4v) is 1.75. The molecule has 0 amide bonds. The van der Waals surface area contributed by atoms with Crippen molar-refractivity contribution in [1.82, 2.24) is 0 Å². The maximum atomic E-state index is 5.44. The number of methoxy groups -OCH3 is 1. The van der Waals surface area contributed by atoms with E-state index in [1.165, 1.54) is 17.5 Å². The molecule has 0 spiro atoms. The molecule has 1 rings (SSSR count). The summed E-state index contributed by atoms with van der Waals surface area (Å²) >= 11 is 0. The highest BCUT2D eigenvalue weighted by Crippen LogP contribution is 2.30. The summed E-state index contributed by atoms with van der Waals surface area (Å²) in [6.07, 6.45) is 1.17. The van der Waals surface area contributed by atoms with E-state index in [0.29, 0.717) is 11.8 Å². The first-order valence-electron chi connectivity index (χ1n) is 5.78. The van der Waals surface area contributed by atoms with E-state index in [2.05, 4.69) is 45.9 Å². The van der Waals surface area contributed by atoms with Crippen molar-refractivity contribution in [2.24, 2.45) is 0 Å². The number of hydrogen-bond acceptors (Lipinski definition) is 1. The lowest BCUT2D eigenvalue weighted by Gasteiger charge is -2.15. The van der Waals surface area contributed by atoms with Gasteiger partial charge in [0.25, 0.3) is 0 Å². The Kier molecular flexibility index (Phi) is 4.19. The summed E-state index contributed by atoms with van der Waals surface area (Å²) in [5, 5.41) is 0. The lowest BCUT2D eigenvalue weighted by molar-refractivity contribution is 0.406. The van der Waals surface area contributed by atoms with Crippen molar-refractivity contribution >= 4 is 0 Å². The molecule has 0 aliphatic carbocycles. The van der Waals surface area contributed by atoms with Crippen LogP contribution in [0.2, 0.25) is 0 Å². The molecule has 1 heteroatoms. The first-order chi connectivity index (χ1) is 7.10. The Balaban J connectivity index is 3.07. The number of ether oxygens (including phenoxy) is 1. The first kappa shape index (κ1) is 12.1. The van der Waals surface area contributed by atoms with Crippen LogP contribution in [-0.2, 0) is 0 Å². The van der Waals surface area contributed by atoms with Crippen LogP contribution in [0.15, 0.2) is 18.2 Å². The smallest absolute Gasteiger partial charge is 0.122 e. The minimum Gasteiger partial charge on any atom is -0.496 e. The number of rotatable bonds is 4. The molecule has 1 atom stereocenters. The van der Waals surface area contributed by atoms with Gasteiger partial charge in [0.15, 0.2) is 0 Å². The molecule has 0 saturated heterocycles. The maximum absolute atomic E-state index is 5.44. The molecule has 0 bridgehead atoms. The van der Waals surface area contributed by atoms with Crippen LogP contribution in [0.1, 0.15) is 57.1 Å². The summed E-state index contributed by atoms with van der Waals surface area (Å²) in [4.78, 5) is 0. The van der Waals surface area contributed by atoms with E-state index in [1.807, 2.05) is 0 Å². The molecule has 0 aliphatic heterocycles. The molecule has 84 valence electrons. The van der Waals surface area contributed by atoms with Gasteiger partial charge in [-0.25, -0.2) is 0 Å². The van der Waals surface area contributed by atoms with Gasteiger partial charge < -0.3 is 4.74 Å². The predicted octanol–water partition coefficient (Wildman–Crippen LogP) is 4.33. The van der Waals surface area contributed by atoms with E-state index in [0.717, 1.165) is 5.75 Å². The zero-order valence-corrected chi connectivity index (χ0v) is 10.5. The molecule has 0 aliphatic rings. The molecule has 0 saturated carbocycles. The van der Waals surface area contributed by atoms with Gasteiger partial charge in [0.05, 0.1) is 7.11 Å². The van der Waals surface area contributed by atoms with Crippen molar-refractivity contribution in [2.45, 2.75) is 46.0 Å². The summed E-state index contributed by atoms with van der Waals surface area (Å²) < 4.78 is 5.44. The zero-order valence-electron chi connectivity index (χ0n) is 10.5. The lowest BCUT2D eigenvalue weighted by Crippen LogP contribution is -1.98. The summed E-state index contributed by atoms with van der Waals surface area (Å²) in [6.45, 7) is 8.86. The second-order valence-electron chi connectivity index (χ2n) is 4.47. The standard InChI is InChI=1S/C14H22O/c1-6-11(4)12-7-8-13(10(2)3)14(9-12)15-5/h7-11H,6H2,1-5H3. The Hall–Kier alpha value is -0.980. The fraction of sp³-hybridized carbons (Fsp3) is 0.571. The monoisotopic (exact) mass is 206 g/mol. The van der Waals surface area contributed by atoms with E-state index >= 15 is 0 Å². The zero-order chi connectivity index (χ0) is 11.4. The maximum Gasteiger partial charge on any atom is 0.122 e. The molecule has 1 nitrogen and oxygen atoms in total. The van der Waals surface area contributed by atoms with Crippen molar-refractivity contribution in [3.63, 3.8) is 0 Å². The van der Waals surface area contributed by atoms with Gasteiger partial charge in [-0.15, -0.1) is 0 Å². The molecule has 1 aromatic carbocycles. The van der Waals surface area contributed by atoms with Crippen LogP contribution in [0.3, 0.4) is 0 Å². The largest absolute Gasteiger partial charge is 0.496 e. The Morgan fingerprint density at radius 1 is 1.20 bits per heavy atom. The number of benzene rings is 1. The topological polar surface area (TPSA) is 9.23 Å². The average molecular weight is 206 g/mol. The van der Waals surface area contributed by atoms with Crippen LogP contribution in [0.4, 0.5) is 0 Å². The van der Waals surface area contributed by atoms with Gasteiger partial charge in [0, 0.05) is 0 Å². The summed E-state index contributed by atoms with van der Waals surface area (Å²) in [5.74, 6) is 2.16. The third-order valence-corrected chi connectivity index (χ3v) is 3.06. The van der Waals surface area contributed by atoms with Gasteiger partial charge in [0.1, 0.15) is 5.75 Å². The highest BCUT2D eigenvalue weighted by molar-refractivity contribution is 5.40. The molecule has 1 aromatic rings. The Morgan fingerprint density at radius 3 is 2.33 bits per heavy atom.